The minimum absolute atomic E-state index is 0.361. The van der Waals surface area contributed by atoms with E-state index in [9.17, 15) is 0 Å². The van der Waals surface area contributed by atoms with Crippen LogP contribution in [0.3, 0.4) is 0 Å². The van der Waals surface area contributed by atoms with Gasteiger partial charge in [0.1, 0.15) is 17.3 Å². The van der Waals surface area contributed by atoms with Crippen molar-refractivity contribution in [1.29, 1.82) is 0 Å². The van der Waals surface area contributed by atoms with Crippen molar-refractivity contribution in [3.05, 3.63) is 17.7 Å². The Morgan fingerprint density at radius 1 is 1.37 bits per heavy atom. The molecule has 0 amide bonds. The summed E-state index contributed by atoms with van der Waals surface area (Å²) in [6.45, 7) is 9.34. The number of aryl methyl sites for hydroxylation is 2. The van der Waals surface area contributed by atoms with Crippen molar-refractivity contribution in [2.24, 2.45) is 7.05 Å². The molecule has 5 heteroatoms. The Kier molecular flexibility index (Phi) is 3.64. The van der Waals surface area contributed by atoms with Crippen molar-refractivity contribution < 1.29 is 0 Å². The van der Waals surface area contributed by atoms with Crippen LogP contribution in [0.1, 0.15) is 44.6 Å². The molecule has 0 aliphatic carbocycles. The highest BCUT2D eigenvalue weighted by molar-refractivity contribution is 5.72. The van der Waals surface area contributed by atoms with E-state index in [1.54, 1.807) is 4.68 Å². The molecule has 0 aliphatic rings. The maximum absolute atomic E-state index is 6.30. The van der Waals surface area contributed by atoms with Crippen LogP contribution in [0.15, 0.2) is 6.20 Å². The van der Waals surface area contributed by atoms with Crippen LogP contribution >= 0.6 is 0 Å². The van der Waals surface area contributed by atoms with Crippen LogP contribution in [0.5, 0.6) is 0 Å². The number of imidazole rings is 1. The number of hydrogen-bond acceptors (Lipinski definition) is 3. The quantitative estimate of drug-likeness (QED) is 0.920. The van der Waals surface area contributed by atoms with E-state index < -0.39 is 0 Å². The first-order valence-corrected chi connectivity index (χ1v) is 6.82. The van der Waals surface area contributed by atoms with Gasteiger partial charge in [-0.2, -0.15) is 5.10 Å². The molecule has 0 unspecified atom stereocenters. The Morgan fingerprint density at radius 2 is 2.05 bits per heavy atom. The van der Waals surface area contributed by atoms with Crippen molar-refractivity contribution in [2.45, 2.75) is 46.6 Å². The van der Waals surface area contributed by atoms with E-state index >= 15 is 0 Å². The molecule has 2 N–H and O–H groups in total. The van der Waals surface area contributed by atoms with Gasteiger partial charge < -0.3 is 10.3 Å². The largest absolute Gasteiger partial charge is 0.383 e. The van der Waals surface area contributed by atoms with Crippen molar-refractivity contribution >= 4 is 5.82 Å². The molecule has 0 aliphatic heterocycles. The summed E-state index contributed by atoms with van der Waals surface area (Å²) in [6, 6.07) is 0. The summed E-state index contributed by atoms with van der Waals surface area (Å²) < 4.78 is 3.93. The Labute approximate surface area is 114 Å². The van der Waals surface area contributed by atoms with E-state index in [1.165, 1.54) is 0 Å². The van der Waals surface area contributed by atoms with Gasteiger partial charge in [-0.1, -0.05) is 20.8 Å². The van der Waals surface area contributed by atoms with Crippen LogP contribution in [0, 0.1) is 6.92 Å². The van der Waals surface area contributed by atoms with Crippen molar-refractivity contribution in [3.8, 4) is 11.3 Å². The molecule has 0 aromatic carbocycles. The molecule has 0 bridgehead atoms. The summed E-state index contributed by atoms with van der Waals surface area (Å²) in [5, 5.41) is 4.37. The third-order valence-electron chi connectivity index (χ3n) is 3.27. The van der Waals surface area contributed by atoms with Crippen molar-refractivity contribution in [3.63, 3.8) is 0 Å². The van der Waals surface area contributed by atoms with Gasteiger partial charge in [0, 0.05) is 31.3 Å². The third kappa shape index (κ3) is 2.37. The van der Waals surface area contributed by atoms with Gasteiger partial charge in [-0.15, -0.1) is 0 Å². The van der Waals surface area contributed by atoms with Gasteiger partial charge in [0.2, 0.25) is 0 Å². The second-order valence-corrected chi connectivity index (χ2v) is 5.31. The summed E-state index contributed by atoms with van der Waals surface area (Å²) in [5.41, 5.74) is 9.15. The minimum Gasteiger partial charge on any atom is -0.383 e. The molecular formula is C14H23N5. The molecule has 0 spiro atoms. The Balaban J connectivity index is 2.58. The fraction of sp³-hybridized carbons (Fsp3) is 0.571. The molecule has 104 valence electrons. The van der Waals surface area contributed by atoms with E-state index in [1.807, 2.05) is 20.2 Å². The van der Waals surface area contributed by atoms with Crippen LogP contribution in [0.25, 0.3) is 11.3 Å². The standard InChI is InChI=1S/C14H23N5/c1-6-7-19-13(15)12(16-14(19)9(2)3)11-8-18(5)17-10(11)4/h8-9H,6-7,15H2,1-5H3. The monoisotopic (exact) mass is 261 g/mol. The fourth-order valence-electron chi connectivity index (χ4n) is 2.41. The number of nitrogens with zero attached hydrogens (tertiary/aromatic N) is 4. The molecule has 0 radical (unpaired) electrons. The number of aromatic nitrogens is 4. The van der Waals surface area contributed by atoms with Gasteiger partial charge in [-0.05, 0) is 13.3 Å². The fourth-order valence-corrected chi connectivity index (χ4v) is 2.41. The average Bonchev–Trinajstić information content (AvgIpc) is 2.81. The highest BCUT2D eigenvalue weighted by Crippen LogP contribution is 2.31. The lowest BCUT2D eigenvalue weighted by Gasteiger charge is -2.10. The summed E-state index contributed by atoms with van der Waals surface area (Å²) >= 11 is 0. The lowest BCUT2D eigenvalue weighted by molar-refractivity contribution is 0.616. The maximum atomic E-state index is 6.30. The normalized spacial score (nSPS) is 11.5. The molecule has 2 aromatic heterocycles. The highest BCUT2D eigenvalue weighted by Gasteiger charge is 2.20. The van der Waals surface area contributed by atoms with E-state index in [0.29, 0.717) is 5.92 Å². The lowest BCUT2D eigenvalue weighted by atomic mass is 10.2. The number of hydrogen-bond donors (Lipinski definition) is 1. The van der Waals surface area contributed by atoms with Crippen LogP contribution in [-0.2, 0) is 13.6 Å². The Hall–Kier alpha value is -1.78. The van der Waals surface area contributed by atoms with Crippen LogP contribution in [0.4, 0.5) is 5.82 Å². The van der Waals surface area contributed by atoms with E-state index in [0.717, 1.165) is 41.6 Å². The number of rotatable bonds is 4. The van der Waals surface area contributed by atoms with Crippen LogP contribution < -0.4 is 5.73 Å². The van der Waals surface area contributed by atoms with E-state index in [4.69, 9.17) is 10.7 Å². The molecule has 2 heterocycles. The Bertz CT molecular complexity index is 577. The summed E-state index contributed by atoms with van der Waals surface area (Å²) in [7, 11) is 1.92. The summed E-state index contributed by atoms with van der Waals surface area (Å²) in [5.74, 6) is 2.17. The van der Waals surface area contributed by atoms with Crippen molar-refractivity contribution in [2.75, 3.05) is 5.73 Å². The topological polar surface area (TPSA) is 61.7 Å². The number of nitrogen functional groups attached to an aromatic ring is 1. The van der Waals surface area contributed by atoms with E-state index in [-0.39, 0.29) is 0 Å². The SMILES string of the molecule is CCCn1c(C(C)C)nc(-c2cn(C)nc2C)c1N. The van der Waals surface area contributed by atoms with Crippen LogP contribution in [-0.4, -0.2) is 19.3 Å². The lowest BCUT2D eigenvalue weighted by Crippen LogP contribution is -2.08. The minimum atomic E-state index is 0.361. The predicted octanol–water partition coefficient (Wildman–Crippen LogP) is 2.71. The second-order valence-electron chi connectivity index (χ2n) is 5.31. The second kappa shape index (κ2) is 5.07. The summed E-state index contributed by atoms with van der Waals surface area (Å²) in [4.78, 5) is 4.76. The third-order valence-corrected chi connectivity index (χ3v) is 3.27. The number of nitrogens with two attached hydrogens (primary N) is 1. The molecule has 0 saturated heterocycles. The first-order chi connectivity index (χ1) is 8.95. The Morgan fingerprint density at radius 3 is 2.53 bits per heavy atom. The first-order valence-electron chi connectivity index (χ1n) is 6.82. The first kappa shape index (κ1) is 13.6. The van der Waals surface area contributed by atoms with Gasteiger partial charge in [0.25, 0.3) is 0 Å². The molecule has 0 saturated carbocycles. The van der Waals surface area contributed by atoms with Gasteiger partial charge >= 0.3 is 0 Å². The molecule has 5 nitrogen and oxygen atoms in total. The zero-order chi connectivity index (χ0) is 14.2. The van der Waals surface area contributed by atoms with E-state index in [2.05, 4.69) is 30.4 Å². The summed E-state index contributed by atoms with van der Waals surface area (Å²) in [6.07, 6.45) is 3.03. The maximum Gasteiger partial charge on any atom is 0.131 e. The molecule has 0 atom stereocenters. The van der Waals surface area contributed by atoms with Gasteiger partial charge in [0.15, 0.2) is 0 Å². The molecule has 19 heavy (non-hydrogen) atoms. The number of anilines is 1. The zero-order valence-corrected chi connectivity index (χ0v) is 12.4. The molecular weight excluding hydrogens is 238 g/mol. The van der Waals surface area contributed by atoms with Crippen molar-refractivity contribution in [1.82, 2.24) is 19.3 Å². The van der Waals surface area contributed by atoms with Gasteiger partial charge in [-0.25, -0.2) is 4.98 Å². The zero-order valence-electron chi connectivity index (χ0n) is 12.4. The highest BCUT2D eigenvalue weighted by atomic mass is 15.3. The molecule has 0 fully saturated rings. The average molecular weight is 261 g/mol. The van der Waals surface area contributed by atoms with Crippen LogP contribution in [0.2, 0.25) is 0 Å². The smallest absolute Gasteiger partial charge is 0.131 e. The van der Waals surface area contributed by atoms with Gasteiger partial charge in [0.05, 0.1) is 5.69 Å². The van der Waals surface area contributed by atoms with Gasteiger partial charge in [-0.3, -0.25) is 4.68 Å². The molecule has 2 aromatic rings. The predicted molar refractivity (Wildman–Crippen MR) is 78.0 cm³/mol. The molecule has 2 rings (SSSR count).